The zero-order chi connectivity index (χ0) is 22.0. The molecule has 0 heterocycles. The Hall–Kier alpha value is -3.18. The number of benzene rings is 2. The van der Waals surface area contributed by atoms with Crippen LogP contribution in [0.15, 0.2) is 24.3 Å². The molecule has 0 unspecified atom stereocenters. The molecule has 10 nitrogen and oxygen atoms in total. The van der Waals surface area contributed by atoms with E-state index in [-0.39, 0.29) is 48.4 Å². The molecule has 3 rings (SSSR count). The van der Waals surface area contributed by atoms with Crippen molar-refractivity contribution in [2.45, 2.75) is 0 Å². The largest absolute Gasteiger partial charge is 0.785 e. The van der Waals surface area contributed by atoms with Crippen LogP contribution in [0.2, 0.25) is 0 Å². The average Bonchev–Trinajstić information content (AvgIpc) is 2.67. The lowest BCUT2D eigenvalue weighted by atomic mass is 9.81. The number of aromatic hydroxyl groups is 2. The number of fused-ring (bicyclic) bond motifs is 2. The fraction of sp³-hybridized carbons (Fsp3) is 0.300. The minimum atomic E-state index is -0.629. The number of nitrogens with zero attached hydrogens (tertiary/aromatic N) is 2. The first-order chi connectivity index (χ1) is 14.2. The van der Waals surface area contributed by atoms with Crippen molar-refractivity contribution < 1.29 is 19.8 Å². The first-order valence-corrected chi connectivity index (χ1v) is 9.28. The highest BCUT2D eigenvalue weighted by Crippen LogP contribution is 2.42. The molecule has 0 atom stereocenters. The zero-order valence-electron chi connectivity index (χ0n) is 16.6. The Morgan fingerprint density at radius 1 is 0.733 bits per heavy atom. The van der Waals surface area contributed by atoms with Gasteiger partial charge in [-0.2, -0.15) is 0 Å². The van der Waals surface area contributed by atoms with Gasteiger partial charge in [-0.15, -0.1) is 0 Å². The smallest absolute Gasteiger partial charge is 0.200 e. The quantitative estimate of drug-likeness (QED) is 0.316. The summed E-state index contributed by atoms with van der Waals surface area (Å²) in [7, 11) is 2.73. The number of rotatable bonds is 8. The zero-order valence-corrected chi connectivity index (χ0v) is 16.6. The second-order valence-corrected chi connectivity index (χ2v) is 6.98. The fourth-order valence-electron chi connectivity index (χ4n) is 3.36. The van der Waals surface area contributed by atoms with Crippen LogP contribution < -0.4 is 10.6 Å². The maximum atomic E-state index is 13.3. The summed E-state index contributed by atoms with van der Waals surface area (Å²) < 4.78 is 0. The van der Waals surface area contributed by atoms with Crippen LogP contribution in [0.4, 0.5) is 11.4 Å². The molecule has 1 aliphatic carbocycles. The highest BCUT2D eigenvalue weighted by molar-refractivity contribution is 6.33. The molecule has 10 heteroatoms. The van der Waals surface area contributed by atoms with E-state index in [4.69, 9.17) is 0 Å². The number of anilines is 2. The Morgan fingerprint density at radius 2 is 1.10 bits per heavy atom. The number of ketones is 2. The average molecular weight is 414 g/mol. The SMILES string of the molecule is CN([O-])CCNc1ccc(NCCN(C)[O-])c2c1C(=O)c1c(O)ccc(O)c1C2=O. The van der Waals surface area contributed by atoms with Gasteiger partial charge in [0, 0.05) is 37.6 Å². The number of hydrogen-bond acceptors (Lipinski definition) is 10. The Kier molecular flexibility index (Phi) is 6.22. The molecule has 0 spiro atoms. The van der Waals surface area contributed by atoms with Gasteiger partial charge >= 0.3 is 0 Å². The maximum Gasteiger partial charge on any atom is 0.200 e. The van der Waals surface area contributed by atoms with E-state index in [1.807, 2.05) is 0 Å². The minimum absolute atomic E-state index is 0.0300. The van der Waals surface area contributed by atoms with Crippen LogP contribution in [-0.4, -0.2) is 72.2 Å². The lowest BCUT2D eigenvalue weighted by molar-refractivity contribution is 0.0975. The fourth-order valence-corrected chi connectivity index (χ4v) is 3.36. The number of phenolic OH excluding ortho intramolecular Hbond substituents is 2. The van der Waals surface area contributed by atoms with Gasteiger partial charge in [0.25, 0.3) is 0 Å². The second kappa shape index (κ2) is 8.67. The van der Waals surface area contributed by atoms with Crippen LogP contribution in [0.25, 0.3) is 0 Å². The van der Waals surface area contributed by atoms with Crippen LogP contribution in [0.3, 0.4) is 0 Å². The van der Waals surface area contributed by atoms with Crippen LogP contribution in [0.5, 0.6) is 11.5 Å². The summed E-state index contributed by atoms with van der Waals surface area (Å²) in [6, 6.07) is 5.47. The molecule has 160 valence electrons. The van der Waals surface area contributed by atoms with Gasteiger partial charge in [-0.25, -0.2) is 0 Å². The lowest BCUT2D eigenvalue weighted by Crippen LogP contribution is -2.27. The topological polar surface area (TPSA) is 151 Å². The van der Waals surface area contributed by atoms with Crippen molar-refractivity contribution >= 4 is 22.9 Å². The third kappa shape index (κ3) is 4.07. The molecular weight excluding hydrogens is 392 g/mol. The monoisotopic (exact) mass is 414 g/mol. The third-order valence-corrected chi connectivity index (χ3v) is 4.76. The molecule has 0 amide bonds. The van der Waals surface area contributed by atoms with E-state index >= 15 is 0 Å². The first-order valence-electron chi connectivity index (χ1n) is 9.28. The van der Waals surface area contributed by atoms with Crippen LogP contribution >= 0.6 is 0 Å². The van der Waals surface area contributed by atoms with Gasteiger partial charge in [-0.05, 0) is 38.4 Å². The molecule has 30 heavy (non-hydrogen) atoms. The number of hydroxylamine groups is 4. The van der Waals surface area contributed by atoms with Crippen molar-refractivity contribution in [1.29, 1.82) is 0 Å². The van der Waals surface area contributed by atoms with Gasteiger partial charge in [0.2, 0.25) is 11.6 Å². The number of carbonyl (C=O) groups is 2. The molecule has 0 saturated heterocycles. The molecule has 0 aliphatic heterocycles. The number of hydrogen-bond donors (Lipinski definition) is 4. The van der Waals surface area contributed by atoms with Crippen molar-refractivity contribution in [2.75, 3.05) is 50.9 Å². The number of nitrogens with one attached hydrogen (secondary N) is 2. The predicted molar refractivity (Wildman–Crippen MR) is 112 cm³/mol. The van der Waals surface area contributed by atoms with Gasteiger partial charge in [0.15, 0.2) is 0 Å². The Labute approximate surface area is 172 Å². The summed E-state index contributed by atoms with van der Waals surface area (Å²) in [6.45, 7) is 0.742. The van der Waals surface area contributed by atoms with Gasteiger partial charge in [0.1, 0.15) is 11.5 Å². The van der Waals surface area contributed by atoms with Crippen molar-refractivity contribution in [3.8, 4) is 11.5 Å². The molecule has 2 aromatic rings. The summed E-state index contributed by atoms with van der Waals surface area (Å²) in [4.78, 5) is 26.5. The molecule has 1 aliphatic rings. The van der Waals surface area contributed by atoms with E-state index in [9.17, 15) is 30.2 Å². The third-order valence-electron chi connectivity index (χ3n) is 4.76. The minimum Gasteiger partial charge on any atom is -0.785 e. The highest BCUT2D eigenvalue weighted by atomic mass is 16.5. The molecule has 0 aromatic heterocycles. The molecule has 2 aromatic carbocycles. The summed E-state index contributed by atoms with van der Waals surface area (Å²) >= 11 is 0. The summed E-state index contributed by atoms with van der Waals surface area (Å²) in [5.41, 5.74) is 0.168. The van der Waals surface area contributed by atoms with E-state index in [0.717, 1.165) is 22.3 Å². The van der Waals surface area contributed by atoms with E-state index in [1.165, 1.54) is 14.1 Å². The van der Waals surface area contributed by atoms with Gasteiger partial charge in [0.05, 0.1) is 22.3 Å². The summed E-state index contributed by atoms with van der Waals surface area (Å²) in [5, 5.41) is 50.1. The Bertz CT molecular complexity index is 912. The van der Waals surface area contributed by atoms with Crippen molar-refractivity contribution in [3.05, 3.63) is 56.9 Å². The van der Waals surface area contributed by atoms with Crippen molar-refractivity contribution in [3.63, 3.8) is 0 Å². The standard InChI is InChI=1S/C20H22N4O6/c1-23(29)9-7-21-11-3-4-12(22-8-10-24(2)30)16-15(11)19(27)17-13(25)5-6-14(26)18(17)20(16)28/h3-6,21-22,25-26H,7-10H2,1-2H3/q-2. The molecule has 0 bridgehead atoms. The number of likely N-dealkylation sites (N-methyl/N-ethyl adjacent to an activating group) is 2. The van der Waals surface area contributed by atoms with Crippen molar-refractivity contribution in [1.82, 2.24) is 10.1 Å². The van der Waals surface area contributed by atoms with E-state index in [0.29, 0.717) is 11.4 Å². The van der Waals surface area contributed by atoms with Gasteiger partial charge in [-0.3, -0.25) is 9.59 Å². The summed E-state index contributed by atoms with van der Waals surface area (Å²) in [6.07, 6.45) is 0. The number of carbonyl (C=O) groups excluding carboxylic acids is 2. The Morgan fingerprint density at radius 3 is 1.43 bits per heavy atom. The van der Waals surface area contributed by atoms with Crippen molar-refractivity contribution in [2.24, 2.45) is 0 Å². The Balaban J connectivity index is 2.11. The van der Waals surface area contributed by atoms with Gasteiger partial charge in [-0.1, -0.05) is 0 Å². The molecule has 0 fully saturated rings. The van der Waals surface area contributed by atoms with Crippen LogP contribution in [0, 0.1) is 10.4 Å². The first kappa shape index (κ1) is 21.5. The van der Waals surface area contributed by atoms with E-state index < -0.39 is 23.1 Å². The molecule has 0 saturated carbocycles. The molecular formula is C20H22N4O6-2. The van der Waals surface area contributed by atoms with Gasteiger partial charge < -0.3 is 41.4 Å². The van der Waals surface area contributed by atoms with Crippen LogP contribution in [-0.2, 0) is 0 Å². The highest BCUT2D eigenvalue weighted by Gasteiger charge is 2.37. The normalized spacial score (nSPS) is 12.9. The second-order valence-electron chi connectivity index (χ2n) is 6.98. The molecule has 4 N–H and O–H groups in total. The number of phenols is 2. The van der Waals surface area contributed by atoms with E-state index in [2.05, 4.69) is 10.6 Å². The molecule has 0 radical (unpaired) electrons. The van der Waals surface area contributed by atoms with Crippen LogP contribution in [0.1, 0.15) is 31.8 Å². The lowest BCUT2D eigenvalue weighted by Gasteiger charge is -2.27. The predicted octanol–water partition coefficient (Wildman–Crippen LogP) is 1.56. The maximum absolute atomic E-state index is 13.3. The summed E-state index contributed by atoms with van der Waals surface area (Å²) in [5.74, 6) is -2.09. The van der Waals surface area contributed by atoms with E-state index in [1.54, 1.807) is 12.1 Å².